The van der Waals surface area contributed by atoms with Crippen molar-refractivity contribution in [3.8, 4) is 0 Å². The van der Waals surface area contributed by atoms with Crippen LogP contribution in [-0.4, -0.2) is 42.6 Å². The predicted molar refractivity (Wildman–Crippen MR) is 140 cm³/mol. The Labute approximate surface area is 215 Å². The van der Waals surface area contributed by atoms with E-state index in [9.17, 15) is 9.59 Å². The van der Waals surface area contributed by atoms with Gasteiger partial charge in [-0.05, 0) is 54.8 Å². The number of rotatable bonds is 7. The summed E-state index contributed by atoms with van der Waals surface area (Å²) in [5.41, 5.74) is 0.848. The monoisotopic (exact) mass is 511 g/mol. The second-order valence-corrected chi connectivity index (χ2v) is 9.28. The first-order valence-electron chi connectivity index (χ1n) is 11.4. The van der Waals surface area contributed by atoms with E-state index in [1.54, 1.807) is 35.3 Å². The zero-order valence-electron chi connectivity index (χ0n) is 19.4. The number of benzene rings is 3. The number of carbonyl (C=O) groups excluding carboxylic acids is 2. The minimum Gasteiger partial charge on any atom is -0.324 e. The maximum atomic E-state index is 14.0. The Morgan fingerprint density at radius 2 is 1.60 bits per heavy atom. The summed E-state index contributed by atoms with van der Waals surface area (Å²) in [4.78, 5) is 35.0. The number of para-hydroxylation sites is 2. The van der Waals surface area contributed by atoms with Gasteiger partial charge in [-0.2, -0.15) is 5.06 Å². The summed E-state index contributed by atoms with van der Waals surface area (Å²) in [6.45, 7) is 0.994. The summed E-state index contributed by atoms with van der Waals surface area (Å²) in [7, 11) is 1.61. The van der Waals surface area contributed by atoms with Gasteiger partial charge in [0.15, 0.2) is 0 Å². The summed E-state index contributed by atoms with van der Waals surface area (Å²) < 4.78 is 0. The van der Waals surface area contributed by atoms with Crippen LogP contribution in [-0.2, 0) is 20.8 Å². The maximum absolute atomic E-state index is 14.0. The van der Waals surface area contributed by atoms with Gasteiger partial charge in [0.05, 0.1) is 13.5 Å². The molecule has 0 atom stereocenters. The Kier molecular flexibility index (Phi) is 8.08. The molecule has 4 rings (SSSR count). The lowest BCUT2D eigenvalue weighted by Crippen LogP contribution is -2.64. The first-order chi connectivity index (χ1) is 16.9. The van der Waals surface area contributed by atoms with Crippen molar-refractivity contribution in [3.05, 3.63) is 94.5 Å². The van der Waals surface area contributed by atoms with Crippen molar-refractivity contribution in [1.29, 1.82) is 0 Å². The van der Waals surface area contributed by atoms with E-state index in [0.29, 0.717) is 52.9 Å². The topological polar surface area (TPSA) is 61.9 Å². The van der Waals surface area contributed by atoms with Gasteiger partial charge in [-0.3, -0.25) is 14.5 Å². The van der Waals surface area contributed by atoms with E-state index in [2.05, 4.69) is 5.32 Å². The molecule has 3 aromatic rings. The van der Waals surface area contributed by atoms with Crippen LogP contribution >= 0.6 is 23.2 Å². The number of hydroxylamine groups is 2. The zero-order valence-corrected chi connectivity index (χ0v) is 20.9. The van der Waals surface area contributed by atoms with Crippen molar-refractivity contribution >= 4 is 46.4 Å². The molecule has 0 aromatic heterocycles. The molecular weight excluding hydrogens is 485 g/mol. The van der Waals surface area contributed by atoms with Crippen molar-refractivity contribution in [3.63, 3.8) is 0 Å². The van der Waals surface area contributed by atoms with Gasteiger partial charge in [0, 0.05) is 34.5 Å². The molecule has 0 unspecified atom stereocenters. The van der Waals surface area contributed by atoms with Crippen molar-refractivity contribution in [2.75, 3.05) is 30.4 Å². The molecule has 3 aromatic carbocycles. The molecule has 2 amide bonds. The molecule has 8 heteroatoms. The number of anilines is 2. The zero-order chi connectivity index (χ0) is 24.8. The summed E-state index contributed by atoms with van der Waals surface area (Å²) in [6, 6.07) is 23.6. The van der Waals surface area contributed by atoms with Crippen molar-refractivity contribution in [2.45, 2.75) is 24.8 Å². The molecule has 1 saturated heterocycles. The lowest BCUT2D eigenvalue weighted by molar-refractivity contribution is -0.157. The van der Waals surface area contributed by atoms with Crippen LogP contribution in [0.15, 0.2) is 78.9 Å². The average Bonchev–Trinajstić information content (AvgIpc) is 2.87. The predicted octanol–water partition coefficient (Wildman–Crippen LogP) is 5.60. The van der Waals surface area contributed by atoms with Crippen LogP contribution in [0, 0.1) is 0 Å². The van der Waals surface area contributed by atoms with Gasteiger partial charge in [0.2, 0.25) is 5.91 Å². The first kappa shape index (κ1) is 25.2. The van der Waals surface area contributed by atoms with Crippen molar-refractivity contribution < 1.29 is 14.4 Å². The van der Waals surface area contributed by atoms with Crippen LogP contribution < -0.4 is 10.2 Å². The fourth-order valence-corrected chi connectivity index (χ4v) is 4.95. The molecule has 0 spiro atoms. The second kappa shape index (κ2) is 11.2. The maximum Gasteiger partial charge on any atom is 0.250 e. The standard InChI is InChI=1S/C27H27Cl2N3O3/c1-35-31-16-14-27(15-17-31,26(34)30-22-8-4-2-5-9-22)32(23-10-6-3-7-11-23)25(33)18-20-12-13-21(28)19-24(20)29/h2-13,19H,14-18H2,1H3,(H,30,34). The molecule has 0 radical (unpaired) electrons. The van der Waals surface area contributed by atoms with Gasteiger partial charge in [-0.1, -0.05) is 65.7 Å². The van der Waals surface area contributed by atoms with E-state index in [1.165, 1.54) is 0 Å². The van der Waals surface area contributed by atoms with Crippen LogP contribution in [0.25, 0.3) is 0 Å². The first-order valence-corrected chi connectivity index (χ1v) is 12.2. The van der Waals surface area contributed by atoms with E-state index in [1.807, 2.05) is 60.7 Å². The lowest BCUT2D eigenvalue weighted by atomic mass is 9.83. The summed E-state index contributed by atoms with van der Waals surface area (Å²) in [5, 5.41) is 5.75. The summed E-state index contributed by atoms with van der Waals surface area (Å²) >= 11 is 12.4. The molecule has 0 saturated carbocycles. The Morgan fingerprint density at radius 3 is 2.20 bits per heavy atom. The van der Waals surface area contributed by atoms with E-state index in [-0.39, 0.29) is 18.2 Å². The van der Waals surface area contributed by atoms with Crippen LogP contribution in [0.2, 0.25) is 10.0 Å². The van der Waals surface area contributed by atoms with E-state index in [0.717, 1.165) is 0 Å². The molecule has 1 aliphatic rings. The molecule has 1 fully saturated rings. The quantitative estimate of drug-likeness (QED) is 0.448. The third-order valence-corrected chi connectivity index (χ3v) is 6.90. The van der Waals surface area contributed by atoms with Gasteiger partial charge in [0.25, 0.3) is 5.91 Å². The second-order valence-electron chi connectivity index (χ2n) is 8.44. The number of hydrogen-bond donors (Lipinski definition) is 1. The van der Waals surface area contributed by atoms with Crippen LogP contribution in [0.3, 0.4) is 0 Å². The van der Waals surface area contributed by atoms with E-state index >= 15 is 0 Å². The van der Waals surface area contributed by atoms with Gasteiger partial charge in [-0.15, -0.1) is 0 Å². The highest BCUT2D eigenvalue weighted by atomic mass is 35.5. The fraction of sp³-hybridized carbons (Fsp3) is 0.259. The number of piperidine rings is 1. The van der Waals surface area contributed by atoms with Gasteiger partial charge in [-0.25, -0.2) is 0 Å². The molecular formula is C27H27Cl2N3O3. The van der Waals surface area contributed by atoms with Gasteiger partial charge in [0.1, 0.15) is 5.54 Å². The molecule has 1 aliphatic heterocycles. The minimum atomic E-state index is -1.12. The number of nitrogens with one attached hydrogen (secondary N) is 1. The smallest absolute Gasteiger partial charge is 0.250 e. The SMILES string of the molecule is CON1CCC(C(=O)Nc2ccccc2)(N(C(=O)Cc2ccc(Cl)cc2Cl)c2ccccc2)CC1. The number of nitrogens with zero attached hydrogens (tertiary/aromatic N) is 2. The van der Waals surface area contributed by atoms with Crippen molar-refractivity contribution in [1.82, 2.24) is 5.06 Å². The Balaban J connectivity index is 1.75. The minimum absolute atomic E-state index is 0.0270. The van der Waals surface area contributed by atoms with Crippen LogP contribution in [0.4, 0.5) is 11.4 Å². The number of hydrogen-bond acceptors (Lipinski definition) is 4. The molecule has 0 aliphatic carbocycles. The van der Waals surface area contributed by atoms with E-state index < -0.39 is 5.54 Å². The van der Waals surface area contributed by atoms with E-state index in [4.69, 9.17) is 28.0 Å². The molecule has 35 heavy (non-hydrogen) atoms. The van der Waals surface area contributed by atoms with Crippen LogP contribution in [0.5, 0.6) is 0 Å². The molecule has 6 nitrogen and oxygen atoms in total. The molecule has 0 bridgehead atoms. The van der Waals surface area contributed by atoms with Crippen LogP contribution in [0.1, 0.15) is 18.4 Å². The summed E-state index contributed by atoms with van der Waals surface area (Å²) in [6.07, 6.45) is 0.822. The third-order valence-electron chi connectivity index (χ3n) is 6.31. The lowest BCUT2D eigenvalue weighted by Gasteiger charge is -2.47. The molecule has 1 N–H and O–H groups in total. The highest BCUT2D eigenvalue weighted by Crippen LogP contribution is 2.36. The Bertz CT molecular complexity index is 1170. The highest BCUT2D eigenvalue weighted by Gasteiger charge is 2.49. The third kappa shape index (κ3) is 5.68. The van der Waals surface area contributed by atoms with Crippen molar-refractivity contribution in [2.24, 2.45) is 0 Å². The summed E-state index contributed by atoms with van der Waals surface area (Å²) in [5.74, 6) is -0.464. The van der Waals surface area contributed by atoms with Gasteiger partial charge < -0.3 is 10.2 Å². The normalized spacial score (nSPS) is 15.4. The largest absolute Gasteiger partial charge is 0.324 e. The Morgan fingerprint density at radius 1 is 0.971 bits per heavy atom. The fourth-order valence-electron chi connectivity index (χ4n) is 4.47. The highest BCUT2D eigenvalue weighted by molar-refractivity contribution is 6.35. The van der Waals surface area contributed by atoms with Gasteiger partial charge >= 0.3 is 0 Å². The number of halogens is 2. The number of amides is 2. The number of carbonyl (C=O) groups is 2. The Hall–Kier alpha value is -2.90. The molecule has 182 valence electrons. The molecule has 1 heterocycles. The average molecular weight is 512 g/mol.